The fourth-order valence-corrected chi connectivity index (χ4v) is 3.05. The number of carbonyl (C=O) groups is 2. The number of rotatable bonds is 4. The summed E-state index contributed by atoms with van der Waals surface area (Å²) in [5, 5.41) is 2.81. The van der Waals surface area contributed by atoms with Crippen LogP contribution in [0.1, 0.15) is 17.5 Å². The van der Waals surface area contributed by atoms with Crippen LogP contribution >= 0.6 is 11.6 Å². The summed E-state index contributed by atoms with van der Waals surface area (Å²) in [5.74, 6) is -1.25. The SMILES string of the molecule is Cc1ccc(CN2CC(C(=O)Nc3ccc(F)cc3Cl)CC2=O)cc1. The fourth-order valence-electron chi connectivity index (χ4n) is 2.84. The molecule has 1 saturated heterocycles. The van der Waals surface area contributed by atoms with E-state index in [2.05, 4.69) is 5.32 Å². The Morgan fingerprint density at radius 2 is 2.00 bits per heavy atom. The number of hydrogen-bond donors (Lipinski definition) is 1. The smallest absolute Gasteiger partial charge is 0.229 e. The van der Waals surface area contributed by atoms with Crippen molar-refractivity contribution in [2.75, 3.05) is 11.9 Å². The molecule has 3 rings (SSSR count). The molecular formula is C19H18ClFN2O2. The summed E-state index contributed by atoms with van der Waals surface area (Å²) >= 11 is 5.93. The molecule has 0 saturated carbocycles. The molecule has 1 fully saturated rings. The van der Waals surface area contributed by atoms with Gasteiger partial charge in [0.15, 0.2) is 0 Å². The van der Waals surface area contributed by atoms with Gasteiger partial charge in [0.2, 0.25) is 11.8 Å². The molecule has 0 aliphatic carbocycles. The summed E-state index contributed by atoms with van der Waals surface area (Å²) in [5.41, 5.74) is 2.53. The Bertz CT molecular complexity index is 808. The Labute approximate surface area is 150 Å². The lowest BCUT2D eigenvalue weighted by Gasteiger charge is -2.17. The number of halogens is 2. The van der Waals surface area contributed by atoms with Crippen LogP contribution in [0.15, 0.2) is 42.5 Å². The standard InChI is InChI=1S/C19H18ClFN2O2/c1-12-2-4-13(5-3-12)10-23-11-14(8-18(23)24)19(25)22-17-7-6-15(21)9-16(17)20/h2-7,9,14H,8,10-11H2,1H3,(H,22,25). The highest BCUT2D eigenvalue weighted by molar-refractivity contribution is 6.33. The number of aryl methyl sites for hydroxylation is 1. The number of carbonyl (C=O) groups excluding carboxylic acids is 2. The average Bonchev–Trinajstić information content (AvgIpc) is 2.93. The maximum absolute atomic E-state index is 13.1. The van der Waals surface area contributed by atoms with Crippen molar-refractivity contribution in [1.29, 1.82) is 0 Å². The zero-order valence-electron chi connectivity index (χ0n) is 13.8. The van der Waals surface area contributed by atoms with Gasteiger partial charge >= 0.3 is 0 Å². The minimum absolute atomic E-state index is 0.0501. The van der Waals surface area contributed by atoms with Crippen LogP contribution < -0.4 is 5.32 Å². The highest BCUT2D eigenvalue weighted by Gasteiger charge is 2.34. The van der Waals surface area contributed by atoms with Crippen LogP contribution in [0, 0.1) is 18.7 Å². The van der Waals surface area contributed by atoms with E-state index < -0.39 is 11.7 Å². The normalized spacial score (nSPS) is 17.0. The van der Waals surface area contributed by atoms with Crippen molar-refractivity contribution in [2.45, 2.75) is 19.9 Å². The lowest BCUT2D eigenvalue weighted by Crippen LogP contribution is -2.28. The monoisotopic (exact) mass is 360 g/mol. The molecule has 2 aromatic carbocycles. The molecule has 0 bridgehead atoms. The number of likely N-dealkylation sites (tertiary alicyclic amines) is 1. The molecule has 1 N–H and O–H groups in total. The Balaban J connectivity index is 1.63. The molecule has 25 heavy (non-hydrogen) atoms. The summed E-state index contributed by atoms with van der Waals surface area (Å²) in [6.45, 7) is 2.85. The van der Waals surface area contributed by atoms with Crippen LogP contribution in [0.5, 0.6) is 0 Å². The van der Waals surface area contributed by atoms with Crippen LogP contribution in [0.25, 0.3) is 0 Å². The van der Waals surface area contributed by atoms with E-state index in [1.165, 1.54) is 12.1 Å². The minimum Gasteiger partial charge on any atom is -0.338 e. The van der Waals surface area contributed by atoms with E-state index in [1.54, 1.807) is 4.90 Å². The van der Waals surface area contributed by atoms with Gasteiger partial charge in [0, 0.05) is 19.5 Å². The van der Waals surface area contributed by atoms with Crippen LogP contribution in [0.3, 0.4) is 0 Å². The lowest BCUT2D eigenvalue weighted by molar-refractivity contribution is -0.128. The maximum Gasteiger partial charge on any atom is 0.229 e. The third-order valence-electron chi connectivity index (χ3n) is 4.27. The molecule has 2 aromatic rings. The summed E-state index contributed by atoms with van der Waals surface area (Å²) in [6, 6.07) is 11.7. The first kappa shape index (κ1) is 17.4. The van der Waals surface area contributed by atoms with Gasteiger partial charge in [-0.3, -0.25) is 9.59 Å². The molecule has 1 heterocycles. The van der Waals surface area contributed by atoms with E-state index in [0.29, 0.717) is 18.8 Å². The van der Waals surface area contributed by atoms with Crippen LogP contribution in [0.2, 0.25) is 5.02 Å². The number of benzene rings is 2. The van der Waals surface area contributed by atoms with E-state index in [0.717, 1.165) is 17.2 Å². The van der Waals surface area contributed by atoms with Crippen molar-refractivity contribution >= 4 is 29.1 Å². The highest BCUT2D eigenvalue weighted by Crippen LogP contribution is 2.26. The van der Waals surface area contributed by atoms with E-state index >= 15 is 0 Å². The molecule has 0 aromatic heterocycles. The van der Waals surface area contributed by atoms with E-state index in [1.807, 2.05) is 31.2 Å². The van der Waals surface area contributed by atoms with Crippen molar-refractivity contribution in [3.63, 3.8) is 0 Å². The van der Waals surface area contributed by atoms with Crippen LogP contribution in [-0.2, 0) is 16.1 Å². The fraction of sp³-hybridized carbons (Fsp3) is 0.263. The molecule has 0 spiro atoms. The van der Waals surface area contributed by atoms with Crippen molar-refractivity contribution in [3.8, 4) is 0 Å². The number of nitrogens with zero attached hydrogens (tertiary/aromatic N) is 1. The largest absolute Gasteiger partial charge is 0.338 e. The van der Waals surface area contributed by atoms with Gasteiger partial charge in [0.05, 0.1) is 16.6 Å². The summed E-state index contributed by atoms with van der Waals surface area (Å²) in [6.07, 6.45) is 0.163. The second-order valence-corrected chi connectivity index (χ2v) is 6.68. The zero-order valence-corrected chi connectivity index (χ0v) is 14.5. The van der Waals surface area contributed by atoms with E-state index in [9.17, 15) is 14.0 Å². The Morgan fingerprint density at radius 3 is 2.68 bits per heavy atom. The van der Waals surface area contributed by atoms with Gasteiger partial charge in [0.25, 0.3) is 0 Å². The molecule has 2 amide bonds. The van der Waals surface area contributed by atoms with Gasteiger partial charge in [-0.2, -0.15) is 0 Å². The zero-order chi connectivity index (χ0) is 18.0. The molecule has 1 aliphatic rings. The molecule has 1 atom stereocenters. The number of nitrogens with one attached hydrogen (secondary N) is 1. The predicted molar refractivity (Wildman–Crippen MR) is 94.7 cm³/mol. The van der Waals surface area contributed by atoms with Crippen molar-refractivity contribution in [2.24, 2.45) is 5.92 Å². The first-order chi connectivity index (χ1) is 11.9. The second-order valence-electron chi connectivity index (χ2n) is 6.27. The Morgan fingerprint density at radius 1 is 1.28 bits per heavy atom. The van der Waals surface area contributed by atoms with Gasteiger partial charge in [-0.05, 0) is 30.7 Å². The van der Waals surface area contributed by atoms with Gasteiger partial charge in [0.1, 0.15) is 5.82 Å². The predicted octanol–water partition coefficient (Wildman–Crippen LogP) is 3.77. The number of anilines is 1. The topological polar surface area (TPSA) is 49.4 Å². The van der Waals surface area contributed by atoms with Gasteiger partial charge in [-0.15, -0.1) is 0 Å². The van der Waals surface area contributed by atoms with Crippen molar-refractivity contribution < 1.29 is 14.0 Å². The molecule has 1 aliphatic heterocycles. The summed E-state index contributed by atoms with van der Waals surface area (Å²) in [4.78, 5) is 26.3. The van der Waals surface area contributed by atoms with Gasteiger partial charge in [-0.1, -0.05) is 41.4 Å². The van der Waals surface area contributed by atoms with E-state index in [-0.39, 0.29) is 23.3 Å². The molecule has 4 nitrogen and oxygen atoms in total. The number of amides is 2. The molecule has 1 unspecified atom stereocenters. The maximum atomic E-state index is 13.1. The third-order valence-corrected chi connectivity index (χ3v) is 4.58. The lowest BCUT2D eigenvalue weighted by atomic mass is 10.1. The van der Waals surface area contributed by atoms with Crippen molar-refractivity contribution in [1.82, 2.24) is 4.90 Å². The molecule has 130 valence electrons. The Hall–Kier alpha value is -2.40. The average molecular weight is 361 g/mol. The third kappa shape index (κ3) is 4.17. The Kier molecular flexibility index (Phi) is 5.04. The molecular weight excluding hydrogens is 343 g/mol. The first-order valence-electron chi connectivity index (χ1n) is 8.01. The number of hydrogen-bond acceptors (Lipinski definition) is 2. The molecule has 0 radical (unpaired) electrons. The van der Waals surface area contributed by atoms with Gasteiger partial charge < -0.3 is 10.2 Å². The summed E-state index contributed by atoms with van der Waals surface area (Å²) in [7, 11) is 0. The van der Waals surface area contributed by atoms with Crippen LogP contribution in [-0.4, -0.2) is 23.3 Å². The van der Waals surface area contributed by atoms with E-state index in [4.69, 9.17) is 11.6 Å². The van der Waals surface area contributed by atoms with Gasteiger partial charge in [-0.25, -0.2) is 4.39 Å². The molecule has 6 heteroatoms. The minimum atomic E-state index is -0.469. The highest BCUT2D eigenvalue weighted by atomic mass is 35.5. The summed E-state index contributed by atoms with van der Waals surface area (Å²) < 4.78 is 13.1. The quantitative estimate of drug-likeness (QED) is 0.902. The first-order valence-corrected chi connectivity index (χ1v) is 8.39. The second kappa shape index (κ2) is 7.23. The van der Waals surface area contributed by atoms with Crippen LogP contribution in [0.4, 0.5) is 10.1 Å². The van der Waals surface area contributed by atoms with Crippen molar-refractivity contribution in [3.05, 3.63) is 64.4 Å².